The second kappa shape index (κ2) is 10.4. The molecule has 2 heterocycles. The van der Waals surface area contributed by atoms with Crippen LogP contribution in [0.4, 0.5) is 0 Å². The third-order valence-corrected chi connectivity index (χ3v) is 6.74. The van der Waals surface area contributed by atoms with E-state index in [0.29, 0.717) is 36.2 Å². The molecule has 0 aromatic heterocycles. The number of sulfonamides is 1. The van der Waals surface area contributed by atoms with E-state index in [1.54, 1.807) is 32.0 Å². The third kappa shape index (κ3) is 5.95. The van der Waals surface area contributed by atoms with Gasteiger partial charge in [0.25, 0.3) is 5.91 Å². The molecule has 1 atom stereocenters. The molecule has 188 valence electrons. The van der Waals surface area contributed by atoms with Crippen LogP contribution in [0.1, 0.15) is 19.4 Å². The average molecular weight is 507 g/mol. The van der Waals surface area contributed by atoms with E-state index in [1.807, 2.05) is 0 Å². The lowest BCUT2D eigenvalue weighted by Crippen LogP contribution is -2.46. The van der Waals surface area contributed by atoms with Crippen LogP contribution in [0.3, 0.4) is 0 Å². The Morgan fingerprint density at radius 3 is 2.37 bits per heavy atom. The zero-order valence-corrected chi connectivity index (χ0v) is 20.1. The molecule has 1 amide bonds. The van der Waals surface area contributed by atoms with E-state index in [1.165, 1.54) is 18.2 Å². The molecule has 0 bridgehead atoms. The zero-order valence-electron chi connectivity index (χ0n) is 19.2. The minimum atomic E-state index is -4.08. The molecule has 2 N–H and O–H groups in total. The maximum atomic E-state index is 12.9. The number of esters is 1. The van der Waals surface area contributed by atoms with Crippen molar-refractivity contribution >= 4 is 21.9 Å². The molecule has 4 rings (SSSR count). The molecule has 2 aliphatic rings. The first-order valence-electron chi connectivity index (χ1n) is 11.0. The first-order chi connectivity index (χ1) is 16.7. The number of hydrogen-bond acceptors (Lipinski definition) is 9. The molecule has 0 fully saturated rings. The Labute approximate surface area is 202 Å². The number of ether oxygens (including phenoxy) is 5. The van der Waals surface area contributed by atoms with E-state index in [9.17, 15) is 18.0 Å². The van der Waals surface area contributed by atoms with E-state index in [4.69, 9.17) is 23.7 Å². The monoisotopic (exact) mass is 506 g/mol. The maximum absolute atomic E-state index is 12.9. The van der Waals surface area contributed by atoms with Crippen molar-refractivity contribution in [1.29, 1.82) is 0 Å². The Bertz CT molecular complexity index is 1210. The molecule has 2 aliphatic heterocycles. The van der Waals surface area contributed by atoms with Crippen molar-refractivity contribution in [1.82, 2.24) is 10.0 Å². The van der Waals surface area contributed by atoms with Crippen molar-refractivity contribution in [3.63, 3.8) is 0 Å². The highest BCUT2D eigenvalue weighted by molar-refractivity contribution is 7.89. The molecule has 11 nitrogen and oxygen atoms in total. The highest BCUT2D eigenvalue weighted by atomic mass is 32.2. The number of rotatable bonds is 9. The van der Waals surface area contributed by atoms with Crippen LogP contribution in [-0.2, 0) is 30.9 Å². The van der Waals surface area contributed by atoms with Gasteiger partial charge in [-0.25, -0.2) is 8.42 Å². The molecule has 0 saturated heterocycles. The van der Waals surface area contributed by atoms with Gasteiger partial charge in [-0.15, -0.1) is 0 Å². The number of nitrogens with one attached hydrogen (secondary N) is 2. The molecule has 0 radical (unpaired) electrons. The van der Waals surface area contributed by atoms with E-state index < -0.39 is 40.5 Å². The van der Waals surface area contributed by atoms with Crippen molar-refractivity contribution in [3.8, 4) is 23.0 Å². The SMILES string of the molecule is CC(C)C(NS(=O)(=O)c1ccc2c(c1)OCCO2)C(=O)OCC(=O)NCc1ccc2c(c1)OCO2. The van der Waals surface area contributed by atoms with Gasteiger partial charge in [-0.05, 0) is 35.7 Å². The summed E-state index contributed by atoms with van der Waals surface area (Å²) in [4.78, 5) is 24.7. The van der Waals surface area contributed by atoms with Crippen molar-refractivity contribution in [2.75, 3.05) is 26.6 Å². The lowest BCUT2D eigenvalue weighted by atomic mass is 10.1. The Hall–Kier alpha value is -3.51. The number of fused-ring (bicyclic) bond motifs is 2. The highest BCUT2D eigenvalue weighted by Gasteiger charge is 2.31. The summed E-state index contributed by atoms with van der Waals surface area (Å²) in [7, 11) is -4.08. The van der Waals surface area contributed by atoms with Crippen LogP contribution in [0.15, 0.2) is 41.3 Å². The van der Waals surface area contributed by atoms with Crippen LogP contribution in [0.2, 0.25) is 0 Å². The fourth-order valence-electron chi connectivity index (χ4n) is 3.41. The van der Waals surface area contributed by atoms with E-state index in [2.05, 4.69) is 10.0 Å². The fourth-order valence-corrected chi connectivity index (χ4v) is 4.76. The van der Waals surface area contributed by atoms with Gasteiger partial charge in [0.05, 0.1) is 4.90 Å². The number of carbonyl (C=O) groups excluding carboxylic acids is 2. The predicted molar refractivity (Wildman–Crippen MR) is 122 cm³/mol. The van der Waals surface area contributed by atoms with Gasteiger partial charge in [-0.1, -0.05) is 19.9 Å². The summed E-state index contributed by atoms with van der Waals surface area (Å²) in [5, 5.41) is 2.64. The Morgan fingerprint density at radius 2 is 1.60 bits per heavy atom. The highest BCUT2D eigenvalue weighted by Crippen LogP contribution is 2.33. The van der Waals surface area contributed by atoms with Crippen LogP contribution in [0.25, 0.3) is 0 Å². The summed E-state index contributed by atoms with van der Waals surface area (Å²) in [6.45, 7) is 3.80. The van der Waals surface area contributed by atoms with Crippen molar-refractivity contribution in [2.24, 2.45) is 5.92 Å². The minimum Gasteiger partial charge on any atom is -0.486 e. The molecule has 0 aliphatic carbocycles. The fraction of sp³-hybridized carbons (Fsp3) is 0.391. The van der Waals surface area contributed by atoms with Crippen molar-refractivity contribution in [2.45, 2.75) is 31.3 Å². The molecule has 2 aromatic rings. The Morgan fingerprint density at radius 1 is 0.943 bits per heavy atom. The average Bonchev–Trinajstić information content (AvgIpc) is 3.32. The molecule has 12 heteroatoms. The second-order valence-electron chi connectivity index (χ2n) is 8.22. The number of hydrogen-bond donors (Lipinski definition) is 2. The number of carbonyl (C=O) groups is 2. The van der Waals surface area contributed by atoms with Crippen molar-refractivity contribution < 1.29 is 41.7 Å². The van der Waals surface area contributed by atoms with Gasteiger partial charge in [-0.3, -0.25) is 9.59 Å². The van der Waals surface area contributed by atoms with E-state index in [-0.39, 0.29) is 18.2 Å². The molecule has 1 unspecified atom stereocenters. The van der Waals surface area contributed by atoms with Gasteiger partial charge in [-0.2, -0.15) is 4.72 Å². The van der Waals surface area contributed by atoms with Gasteiger partial charge < -0.3 is 29.0 Å². The molecule has 35 heavy (non-hydrogen) atoms. The number of benzene rings is 2. The van der Waals surface area contributed by atoms with Gasteiger partial charge in [0.2, 0.25) is 16.8 Å². The van der Waals surface area contributed by atoms with Gasteiger partial charge in [0.1, 0.15) is 19.3 Å². The summed E-state index contributed by atoms with van der Waals surface area (Å²) in [5.41, 5.74) is 0.779. The van der Waals surface area contributed by atoms with Crippen LogP contribution >= 0.6 is 0 Å². The zero-order chi connectivity index (χ0) is 25.0. The summed E-state index contributed by atoms with van der Waals surface area (Å²) < 4.78 is 54.6. The first kappa shape index (κ1) is 24.6. The smallest absolute Gasteiger partial charge is 0.324 e. The molecule has 0 saturated carbocycles. The minimum absolute atomic E-state index is 0.0818. The molecular weight excluding hydrogens is 480 g/mol. The lowest BCUT2D eigenvalue weighted by Gasteiger charge is -2.22. The first-order valence-corrected chi connectivity index (χ1v) is 12.4. The van der Waals surface area contributed by atoms with Crippen LogP contribution < -0.4 is 29.0 Å². The number of amides is 1. The lowest BCUT2D eigenvalue weighted by molar-refractivity contribution is -0.151. The normalized spacial score (nSPS) is 14.9. The largest absolute Gasteiger partial charge is 0.486 e. The molecule has 0 spiro atoms. The predicted octanol–water partition coefficient (Wildman–Crippen LogP) is 1.35. The van der Waals surface area contributed by atoms with E-state index >= 15 is 0 Å². The van der Waals surface area contributed by atoms with Gasteiger partial charge >= 0.3 is 5.97 Å². The maximum Gasteiger partial charge on any atom is 0.324 e. The van der Waals surface area contributed by atoms with Crippen LogP contribution in [0, 0.1) is 5.92 Å². The summed E-state index contributed by atoms with van der Waals surface area (Å²) in [6.07, 6.45) is 0. The quantitative estimate of drug-likeness (QED) is 0.483. The van der Waals surface area contributed by atoms with Crippen molar-refractivity contribution in [3.05, 3.63) is 42.0 Å². The van der Waals surface area contributed by atoms with E-state index in [0.717, 1.165) is 5.56 Å². The molecule has 2 aromatic carbocycles. The van der Waals surface area contributed by atoms with Gasteiger partial charge in [0, 0.05) is 12.6 Å². The third-order valence-electron chi connectivity index (χ3n) is 5.30. The van der Waals surface area contributed by atoms with Crippen LogP contribution in [-0.4, -0.2) is 52.9 Å². The summed E-state index contributed by atoms with van der Waals surface area (Å²) >= 11 is 0. The van der Waals surface area contributed by atoms with Crippen LogP contribution in [0.5, 0.6) is 23.0 Å². The Kier molecular flexibility index (Phi) is 7.31. The molecular formula is C23H26N2O9S. The second-order valence-corrected chi connectivity index (χ2v) is 9.93. The topological polar surface area (TPSA) is 138 Å². The van der Waals surface area contributed by atoms with Gasteiger partial charge in [0.15, 0.2) is 29.6 Å². The Balaban J connectivity index is 1.32. The standard InChI is InChI=1S/C23H26N2O9S/c1-14(2)22(25-35(28,29)16-4-6-17-20(10-16)31-8-7-30-17)23(27)32-12-21(26)24-11-15-3-5-18-19(9-15)34-13-33-18/h3-6,9-10,14,22,25H,7-8,11-13H2,1-2H3,(H,24,26). The summed E-state index contributed by atoms with van der Waals surface area (Å²) in [6, 6.07) is 8.26. The summed E-state index contributed by atoms with van der Waals surface area (Å²) in [5.74, 6) is 0.142.